The van der Waals surface area contributed by atoms with Gasteiger partial charge in [0, 0.05) is 12.2 Å². The Morgan fingerprint density at radius 2 is 0.824 bits per heavy atom. The molecule has 4 aromatic rings. The third kappa shape index (κ3) is 16.6. The predicted octanol–water partition coefficient (Wildman–Crippen LogP) is 16.4. The monoisotopic (exact) mass is 923 g/mol. The molecule has 0 amide bonds. The van der Waals surface area contributed by atoms with E-state index in [1.807, 2.05) is 0 Å². The number of benzene rings is 4. The first kappa shape index (κ1) is 52.3. The van der Waals surface area contributed by atoms with Crippen LogP contribution in [-0.4, -0.2) is 38.4 Å². The summed E-state index contributed by atoms with van der Waals surface area (Å²) < 4.78 is 22.1. The maximum atomic E-state index is 11.1. The molecule has 2 aliphatic rings. The average molecular weight is 923 g/mol. The van der Waals surface area contributed by atoms with Gasteiger partial charge in [-0.05, 0) is 202 Å². The van der Waals surface area contributed by atoms with Crippen LogP contribution in [0.5, 0.6) is 11.5 Å². The van der Waals surface area contributed by atoms with Crippen LogP contribution in [0.25, 0.3) is 22.3 Å². The van der Waals surface area contributed by atoms with Gasteiger partial charge >= 0.3 is 11.9 Å². The molecule has 0 bridgehead atoms. The highest BCUT2D eigenvalue weighted by Gasteiger charge is 2.37. The van der Waals surface area contributed by atoms with Gasteiger partial charge in [0.1, 0.15) is 11.5 Å². The molecule has 0 heterocycles. The van der Waals surface area contributed by atoms with Crippen molar-refractivity contribution < 1.29 is 28.5 Å². The fourth-order valence-corrected chi connectivity index (χ4v) is 11.3. The number of esters is 2. The number of ether oxygens (including phenoxy) is 4. The van der Waals surface area contributed by atoms with E-state index in [1.165, 1.54) is 123 Å². The van der Waals surface area contributed by atoms with E-state index in [4.69, 9.17) is 18.9 Å². The summed E-state index contributed by atoms with van der Waals surface area (Å²) in [7, 11) is 0. The Morgan fingerprint density at radius 3 is 1.18 bits per heavy atom. The Bertz CT molecular complexity index is 2050. The summed E-state index contributed by atoms with van der Waals surface area (Å²) in [5.74, 6) is 5.89. The molecule has 0 aliphatic heterocycles. The van der Waals surface area contributed by atoms with Crippen molar-refractivity contribution in [1.29, 1.82) is 0 Å². The number of hydrogen-bond acceptors (Lipinski definition) is 6. The van der Waals surface area contributed by atoms with Crippen molar-refractivity contribution in [3.8, 4) is 33.8 Å². The molecule has 6 nitrogen and oxygen atoms in total. The highest BCUT2D eigenvalue weighted by molar-refractivity contribution is 5.81. The summed E-state index contributed by atoms with van der Waals surface area (Å²) in [5.41, 5.74) is 8.01. The summed E-state index contributed by atoms with van der Waals surface area (Å²) in [6.45, 7) is 14.0. The second-order valence-electron chi connectivity index (χ2n) is 19.7. The van der Waals surface area contributed by atoms with Crippen molar-refractivity contribution in [3.63, 3.8) is 0 Å². The van der Waals surface area contributed by atoms with Gasteiger partial charge in [-0.3, -0.25) is 0 Å². The Labute approximate surface area is 410 Å². The molecule has 0 radical (unpaired) electrons. The fourth-order valence-electron chi connectivity index (χ4n) is 11.3. The fraction of sp³-hybridized carbons (Fsp3) is 0.516. The lowest BCUT2D eigenvalue weighted by Gasteiger charge is -2.43. The van der Waals surface area contributed by atoms with Crippen molar-refractivity contribution in [2.75, 3.05) is 26.4 Å². The van der Waals surface area contributed by atoms with Crippen LogP contribution in [0, 0.1) is 23.7 Å². The molecule has 0 N–H and O–H groups in total. The average Bonchev–Trinajstić information content (AvgIpc) is 3.39. The van der Waals surface area contributed by atoms with Gasteiger partial charge in [-0.2, -0.15) is 0 Å². The van der Waals surface area contributed by atoms with Gasteiger partial charge in [0.15, 0.2) is 0 Å². The molecule has 0 spiro atoms. The Morgan fingerprint density at radius 1 is 0.471 bits per heavy atom. The molecule has 4 aromatic carbocycles. The Balaban J connectivity index is 0.910. The van der Waals surface area contributed by atoms with Crippen molar-refractivity contribution in [3.05, 3.63) is 133 Å². The third-order valence-corrected chi connectivity index (χ3v) is 15.2. The topological polar surface area (TPSA) is 71.1 Å². The first-order chi connectivity index (χ1) is 33.4. The van der Waals surface area contributed by atoms with Crippen LogP contribution >= 0.6 is 0 Å². The van der Waals surface area contributed by atoms with Crippen molar-refractivity contribution in [1.82, 2.24) is 0 Å². The van der Waals surface area contributed by atoms with Gasteiger partial charge < -0.3 is 18.9 Å². The van der Waals surface area contributed by atoms with Crippen LogP contribution in [0.15, 0.2) is 122 Å². The molecule has 6 rings (SSSR count). The smallest absolute Gasteiger partial charge is 0.330 e. The van der Waals surface area contributed by atoms with Gasteiger partial charge in [0.05, 0.1) is 26.4 Å². The van der Waals surface area contributed by atoms with Crippen LogP contribution in [-0.2, 0) is 19.1 Å². The lowest BCUT2D eigenvalue weighted by atomic mass is 9.62. The lowest BCUT2D eigenvalue weighted by molar-refractivity contribution is -0.138. The summed E-state index contributed by atoms with van der Waals surface area (Å²) >= 11 is 0. The number of unbranched alkanes of at least 4 members (excludes halogenated alkanes) is 7. The van der Waals surface area contributed by atoms with Crippen LogP contribution < -0.4 is 9.47 Å². The number of rotatable bonds is 29. The summed E-state index contributed by atoms with van der Waals surface area (Å²) in [6, 6.07) is 35.9. The number of carbonyl (C=O) groups excluding carboxylic acids is 2. The second kappa shape index (κ2) is 29.0. The van der Waals surface area contributed by atoms with Crippen LogP contribution in [0.1, 0.15) is 165 Å². The minimum atomic E-state index is -0.349. The molecule has 2 saturated carbocycles. The van der Waals surface area contributed by atoms with Crippen LogP contribution in [0.4, 0.5) is 0 Å². The standard InChI is InChI=1S/C62H82O6/c1-5-9-18-60(56-33-29-52(30-34-56)48-21-25-50(26-22-48)54-37-41-58(42-38-54)66-44-15-11-13-17-46-68-62(64)8-4)59(6-2)55-31-27-51(28-32-55)47-19-23-49(24-20-47)53-35-39-57(40-36-53)65-43-14-10-12-16-45-67-61(63)7-3/h7-8,19-26,35-42,51-52,55-56,59-60H,3-6,9-18,27-34,43-46H2,1-2H3. The minimum absolute atomic E-state index is 0.349. The Hall–Kier alpha value is -5.10. The van der Waals surface area contributed by atoms with Crippen LogP contribution in [0.3, 0.4) is 0 Å². The highest BCUT2D eigenvalue weighted by atomic mass is 16.5. The van der Waals surface area contributed by atoms with E-state index in [0.29, 0.717) is 38.3 Å². The lowest BCUT2D eigenvalue weighted by Crippen LogP contribution is -2.33. The van der Waals surface area contributed by atoms with E-state index < -0.39 is 0 Å². The molecule has 2 aliphatic carbocycles. The van der Waals surface area contributed by atoms with Gasteiger partial charge in [0.25, 0.3) is 0 Å². The second-order valence-corrected chi connectivity index (χ2v) is 19.7. The van der Waals surface area contributed by atoms with E-state index in [2.05, 4.69) is 124 Å². The van der Waals surface area contributed by atoms with E-state index in [1.54, 1.807) is 0 Å². The van der Waals surface area contributed by atoms with Gasteiger partial charge in [-0.15, -0.1) is 0 Å². The quantitative estimate of drug-likeness (QED) is 0.0307. The van der Waals surface area contributed by atoms with Crippen LogP contribution in [0.2, 0.25) is 0 Å². The zero-order chi connectivity index (χ0) is 47.8. The van der Waals surface area contributed by atoms with E-state index in [-0.39, 0.29) is 11.9 Å². The normalized spacial score (nSPS) is 19.0. The SMILES string of the molecule is C=CC(=O)OCCCCCCOc1ccc(-c2ccc(C3CCC(C(CC)C(CCCC)C4CCC(c5ccc(-c6ccc(OCCCCCCOC(=O)C=C)cc6)cc5)CC4)CC3)cc2)cc1. The summed E-state index contributed by atoms with van der Waals surface area (Å²) in [4.78, 5) is 22.3. The molecule has 2 fully saturated rings. The van der Waals surface area contributed by atoms with Crippen molar-refractivity contribution >= 4 is 11.9 Å². The maximum Gasteiger partial charge on any atom is 0.330 e. The maximum absolute atomic E-state index is 11.1. The Kier molecular flexibility index (Phi) is 22.3. The third-order valence-electron chi connectivity index (χ3n) is 15.2. The summed E-state index contributed by atoms with van der Waals surface area (Å²) in [5, 5.41) is 0. The zero-order valence-electron chi connectivity index (χ0n) is 41.7. The molecule has 0 aromatic heterocycles. The predicted molar refractivity (Wildman–Crippen MR) is 280 cm³/mol. The van der Waals surface area contributed by atoms with Gasteiger partial charge in [-0.25, -0.2) is 9.59 Å². The first-order valence-corrected chi connectivity index (χ1v) is 26.6. The van der Waals surface area contributed by atoms with Gasteiger partial charge in [-0.1, -0.05) is 119 Å². The molecular weight excluding hydrogens is 841 g/mol. The largest absolute Gasteiger partial charge is 0.494 e. The molecule has 2 atom stereocenters. The van der Waals surface area contributed by atoms with E-state index in [0.717, 1.165) is 86.5 Å². The molecule has 68 heavy (non-hydrogen) atoms. The minimum Gasteiger partial charge on any atom is -0.494 e. The first-order valence-electron chi connectivity index (χ1n) is 26.6. The zero-order valence-corrected chi connectivity index (χ0v) is 41.7. The molecular formula is C62H82O6. The summed E-state index contributed by atoms with van der Waals surface area (Å²) in [6.07, 6.45) is 26.4. The van der Waals surface area contributed by atoms with Gasteiger partial charge in [0.2, 0.25) is 0 Å². The van der Waals surface area contributed by atoms with E-state index >= 15 is 0 Å². The number of carbonyl (C=O) groups is 2. The molecule has 0 saturated heterocycles. The molecule has 6 heteroatoms. The molecule has 366 valence electrons. The van der Waals surface area contributed by atoms with E-state index in [9.17, 15) is 9.59 Å². The van der Waals surface area contributed by atoms with Crippen molar-refractivity contribution in [2.24, 2.45) is 23.7 Å². The number of hydrogen-bond donors (Lipinski definition) is 0. The highest BCUT2D eigenvalue weighted by Crippen LogP contribution is 2.49. The molecule has 2 unspecified atom stereocenters. The van der Waals surface area contributed by atoms with Crippen molar-refractivity contribution in [2.45, 2.75) is 154 Å².